The Morgan fingerprint density at radius 2 is 2.15 bits per heavy atom. The van der Waals surface area contributed by atoms with Crippen molar-refractivity contribution in [2.75, 3.05) is 6.54 Å². The zero-order chi connectivity index (χ0) is 14.5. The van der Waals surface area contributed by atoms with Gasteiger partial charge in [0.05, 0.1) is 23.8 Å². The smallest absolute Gasteiger partial charge is 0.0946 e. The van der Waals surface area contributed by atoms with Crippen molar-refractivity contribution in [3.8, 4) is 0 Å². The summed E-state index contributed by atoms with van der Waals surface area (Å²) < 4.78 is 4.09. The predicted molar refractivity (Wildman–Crippen MR) is 80.6 cm³/mol. The summed E-state index contributed by atoms with van der Waals surface area (Å²) in [5.74, 6) is 0. The van der Waals surface area contributed by atoms with Gasteiger partial charge in [-0.25, -0.2) is 4.98 Å². The lowest BCUT2D eigenvalue weighted by atomic mass is 10.1. The van der Waals surface area contributed by atoms with E-state index in [0.29, 0.717) is 6.04 Å². The second-order valence-electron chi connectivity index (χ2n) is 5.52. The number of nitrogens with one attached hydrogen (secondary N) is 1. The monoisotopic (exact) mass is 275 g/mol. The predicted octanol–water partition coefficient (Wildman–Crippen LogP) is 2.48. The van der Waals surface area contributed by atoms with E-state index in [4.69, 9.17) is 0 Å². The van der Waals surface area contributed by atoms with Crippen molar-refractivity contribution in [1.82, 2.24) is 24.6 Å². The van der Waals surface area contributed by atoms with Gasteiger partial charge in [-0.3, -0.25) is 4.68 Å². The summed E-state index contributed by atoms with van der Waals surface area (Å²) in [5, 5.41) is 8.23. The molecule has 0 saturated carbocycles. The Labute approximate surface area is 121 Å². The summed E-state index contributed by atoms with van der Waals surface area (Å²) in [7, 11) is 2.04. The number of rotatable bonds is 7. The normalized spacial score (nSPS) is 13.1. The van der Waals surface area contributed by atoms with Crippen LogP contribution < -0.4 is 5.32 Å². The summed E-state index contributed by atoms with van der Waals surface area (Å²) in [6.07, 6.45) is 7.85. The van der Waals surface area contributed by atoms with Crippen LogP contribution in [0.4, 0.5) is 0 Å². The second-order valence-corrected chi connectivity index (χ2v) is 5.52. The second kappa shape index (κ2) is 6.70. The van der Waals surface area contributed by atoms with Gasteiger partial charge in [-0.05, 0) is 32.9 Å². The first kappa shape index (κ1) is 14.8. The third-order valence-corrected chi connectivity index (χ3v) is 3.46. The van der Waals surface area contributed by atoms with E-state index in [9.17, 15) is 0 Å². The van der Waals surface area contributed by atoms with Crippen molar-refractivity contribution < 1.29 is 0 Å². The van der Waals surface area contributed by atoms with Crippen LogP contribution in [-0.4, -0.2) is 25.9 Å². The van der Waals surface area contributed by atoms with Crippen LogP contribution in [-0.2, 0) is 13.5 Å². The van der Waals surface area contributed by atoms with Crippen LogP contribution in [0.3, 0.4) is 0 Å². The minimum absolute atomic E-state index is 0.262. The summed E-state index contributed by atoms with van der Waals surface area (Å²) in [6.45, 7) is 7.47. The van der Waals surface area contributed by atoms with Gasteiger partial charge in [0.2, 0.25) is 0 Å². The molecule has 5 heteroatoms. The topological polar surface area (TPSA) is 47.7 Å². The third kappa shape index (κ3) is 3.48. The highest BCUT2D eigenvalue weighted by Gasteiger charge is 2.16. The Balaban J connectivity index is 2.12. The van der Waals surface area contributed by atoms with Crippen molar-refractivity contribution in [2.24, 2.45) is 7.05 Å². The zero-order valence-corrected chi connectivity index (χ0v) is 12.9. The van der Waals surface area contributed by atoms with E-state index in [0.717, 1.165) is 25.1 Å². The van der Waals surface area contributed by atoms with Crippen LogP contribution in [0.2, 0.25) is 0 Å². The molecule has 2 heterocycles. The summed E-state index contributed by atoms with van der Waals surface area (Å²) in [6, 6.07) is 2.78. The quantitative estimate of drug-likeness (QED) is 0.844. The van der Waals surface area contributed by atoms with Crippen molar-refractivity contribution in [1.29, 1.82) is 0 Å². The molecule has 5 nitrogen and oxygen atoms in total. The molecule has 0 saturated heterocycles. The highest BCUT2D eigenvalue weighted by atomic mass is 15.3. The van der Waals surface area contributed by atoms with Gasteiger partial charge in [-0.2, -0.15) is 5.10 Å². The largest absolute Gasteiger partial charge is 0.336 e. The highest BCUT2D eigenvalue weighted by Crippen LogP contribution is 2.17. The molecule has 0 bridgehead atoms. The van der Waals surface area contributed by atoms with Crippen molar-refractivity contribution in [3.05, 3.63) is 36.2 Å². The van der Waals surface area contributed by atoms with E-state index >= 15 is 0 Å². The van der Waals surface area contributed by atoms with Crippen LogP contribution in [0, 0.1) is 0 Å². The molecule has 0 aliphatic carbocycles. The summed E-state index contributed by atoms with van der Waals surface area (Å²) in [4.78, 5) is 4.22. The summed E-state index contributed by atoms with van der Waals surface area (Å²) in [5.41, 5.74) is 2.33. The molecule has 0 spiro atoms. The highest BCUT2D eigenvalue weighted by molar-refractivity contribution is 5.11. The van der Waals surface area contributed by atoms with Gasteiger partial charge in [0.25, 0.3) is 0 Å². The maximum Gasteiger partial charge on any atom is 0.0946 e. The molecule has 1 unspecified atom stereocenters. The first-order valence-electron chi connectivity index (χ1n) is 7.35. The number of hydrogen-bond donors (Lipinski definition) is 1. The molecule has 2 aromatic rings. The van der Waals surface area contributed by atoms with Crippen LogP contribution in [0.25, 0.3) is 0 Å². The van der Waals surface area contributed by atoms with Crippen molar-refractivity contribution in [3.63, 3.8) is 0 Å². The van der Waals surface area contributed by atoms with Gasteiger partial charge in [0.1, 0.15) is 0 Å². The zero-order valence-electron chi connectivity index (χ0n) is 12.9. The average molecular weight is 275 g/mol. The van der Waals surface area contributed by atoms with E-state index in [1.807, 2.05) is 24.3 Å². The Morgan fingerprint density at radius 1 is 1.35 bits per heavy atom. The molecule has 0 aliphatic rings. The Kier molecular flexibility index (Phi) is 4.95. The Morgan fingerprint density at radius 3 is 2.70 bits per heavy atom. The van der Waals surface area contributed by atoms with E-state index in [2.05, 4.69) is 53.0 Å². The van der Waals surface area contributed by atoms with Gasteiger partial charge >= 0.3 is 0 Å². The number of hydrogen-bond acceptors (Lipinski definition) is 3. The summed E-state index contributed by atoms with van der Waals surface area (Å²) >= 11 is 0. The molecule has 0 radical (unpaired) electrons. The van der Waals surface area contributed by atoms with Gasteiger partial charge < -0.3 is 9.88 Å². The number of nitrogens with zero attached hydrogens (tertiary/aromatic N) is 4. The van der Waals surface area contributed by atoms with E-state index in [1.54, 1.807) is 0 Å². The van der Waals surface area contributed by atoms with Crippen LogP contribution >= 0.6 is 0 Å². The third-order valence-electron chi connectivity index (χ3n) is 3.46. The maximum absolute atomic E-state index is 4.64. The van der Waals surface area contributed by atoms with Gasteiger partial charge in [0, 0.05) is 31.9 Å². The molecule has 1 N–H and O–H groups in total. The first-order valence-corrected chi connectivity index (χ1v) is 7.35. The lowest BCUT2D eigenvalue weighted by Gasteiger charge is -2.18. The molecule has 1 atom stereocenters. The fourth-order valence-electron chi connectivity index (χ4n) is 2.29. The van der Waals surface area contributed by atoms with Crippen molar-refractivity contribution >= 4 is 0 Å². The van der Waals surface area contributed by atoms with Gasteiger partial charge in [-0.1, -0.05) is 6.92 Å². The Bertz CT molecular complexity index is 526. The SMILES string of the molecule is CCCNC(Cc1ccn(C(C)C)n1)c1cncn1C. The first-order chi connectivity index (χ1) is 9.61. The molecule has 0 fully saturated rings. The average Bonchev–Trinajstić information content (AvgIpc) is 3.03. The minimum Gasteiger partial charge on any atom is -0.336 e. The Hall–Kier alpha value is -1.62. The number of imidazole rings is 1. The van der Waals surface area contributed by atoms with Gasteiger partial charge in [-0.15, -0.1) is 0 Å². The lowest BCUT2D eigenvalue weighted by Crippen LogP contribution is -2.26. The van der Waals surface area contributed by atoms with E-state index in [1.165, 1.54) is 5.69 Å². The molecule has 0 aliphatic heterocycles. The fraction of sp³-hybridized carbons (Fsp3) is 0.600. The molecule has 0 aromatic carbocycles. The van der Waals surface area contributed by atoms with E-state index in [-0.39, 0.29) is 6.04 Å². The van der Waals surface area contributed by atoms with Crippen LogP contribution in [0.5, 0.6) is 0 Å². The van der Waals surface area contributed by atoms with Crippen LogP contribution in [0.15, 0.2) is 24.8 Å². The minimum atomic E-state index is 0.262. The molecule has 2 aromatic heterocycles. The van der Waals surface area contributed by atoms with Gasteiger partial charge in [0.15, 0.2) is 0 Å². The standard InChI is InChI=1S/C15H25N5/c1-5-7-17-14(15-10-16-11-19(15)4)9-13-6-8-20(18-13)12(2)3/h6,8,10-12,14,17H,5,7,9H2,1-4H3. The molecular formula is C15H25N5. The number of aryl methyl sites for hydroxylation is 1. The molecular weight excluding hydrogens is 250 g/mol. The van der Waals surface area contributed by atoms with E-state index < -0.39 is 0 Å². The molecule has 110 valence electrons. The molecule has 0 amide bonds. The van der Waals surface area contributed by atoms with Crippen LogP contribution in [0.1, 0.15) is 50.7 Å². The molecule has 20 heavy (non-hydrogen) atoms. The van der Waals surface area contributed by atoms with Crippen molar-refractivity contribution in [2.45, 2.75) is 45.7 Å². The lowest BCUT2D eigenvalue weighted by molar-refractivity contribution is 0.485. The molecule has 2 rings (SSSR count). The maximum atomic E-state index is 4.64. The fourth-order valence-corrected chi connectivity index (χ4v) is 2.29. The number of aromatic nitrogens is 4.